The smallest absolute Gasteiger partial charge is 0.0836 e. The maximum Gasteiger partial charge on any atom is 0.0836 e. The van der Waals surface area contributed by atoms with E-state index in [2.05, 4.69) is 35.2 Å². The number of halogens is 2. The molecule has 1 aromatic carbocycles. The highest BCUT2D eigenvalue weighted by Crippen LogP contribution is 2.83. The van der Waals surface area contributed by atoms with Crippen LogP contribution in [0.4, 0.5) is 17.1 Å². The van der Waals surface area contributed by atoms with Gasteiger partial charge in [-0.2, -0.15) is 0 Å². The number of hydrogen-bond acceptors (Lipinski definition) is 3. The SMILES string of the molecule is Clc1c(N(c2ccccc2)c2cnc3c(c2Cl)C2CC4CC5CC3C45C2)cnc2c1C1CC3CC4CC2C34C1. The predicted octanol–water partition coefficient (Wildman–Crippen LogP) is 9.25. The first-order valence-corrected chi connectivity index (χ1v) is 16.1. The number of benzene rings is 1. The van der Waals surface area contributed by atoms with Crippen LogP contribution in [0.15, 0.2) is 42.7 Å². The summed E-state index contributed by atoms with van der Waals surface area (Å²) < 4.78 is 0. The van der Waals surface area contributed by atoms with Gasteiger partial charge < -0.3 is 4.90 Å². The summed E-state index contributed by atoms with van der Waals surface area (Å²) in [7, 11) is 0. The first kappa shape index (κ1) is 21.6. The Bertz CT molecular complexity index is 1540. The molecule has 2 heterocycles. The Morgan fingerprint density at radius 2 is 1.13 bits per heavy atom. The minimum atomic E-state index is 0.554. The summed E-state index contributed by atoms with van der Waals surface area (Å²) in [6, 6.07) is 10.6. The Balaban J connectivity index is 1.10. The van der Waals surface area contributed by atoms with Crippen LogP contribution in [0.5, 0.6) is 0 Å². The maximum atomic E-state index is 7.50. The average Bonchev–Trinajstić information content (AvgIpc) is 3.49. The van der Waals surface area contributed by atoms with Crippen LogP contribution in [0.3, 0.4) is 0 Å². The molecule has 4 bridgehead atoms. The quantitative estimate of drug-likeness (QED) is 0.324. The summed E-state index contributed by atoms with van der Waals surface area (Å²) in [6.07, 6.45) is 14.8. The molecule has 0 radical (unpaired) electrons. The monoisotopic (exact) mass is 551 g/mol. The molecule has 6 saturated carbocycles. The zero-order chi connectivity index (χ0) is 25.4. The summed E-state index contributed by atoms with van der Waals surface area (Å²) in [5, 5.41) is 1.78. The van der Waals surface area contributed by atoms with Gasteiger partial charge in [0.15, 0.2) is 0 Å². The zero-order valence-corrected chi connectivity index (χ0v) is 23.4. The van der Waals surface area contributed by atoms with Crippen LogP contribution in [0.25, 0.3) is 0 Å². The zero-order valence-electron chi connectivity index (χ0n) is 21.9. The molecule has 0 aliphatic heterocycles. The van der Waals surface area contributed by atoms with E-state index in [1.807, 2.05) is 12.4 Å². The van der Waals surface area contributed by atoms with Crippen LogP contribution in [0.2, 0.25) is 10.0 Å². The van der Waals surface area contributed by atoms with E-state index < -0.39 is 0 Å². The number of anilines is 3. The highest BCUT2D eigenvalue weighted by Gasteiger charge is 2.74. The fraction of sp³-hybridized carbons (Fsp3) is 0.529. The van der Waals surface area contributed by atoms with Crippen LogP contribution < -0.4 is 4.90 Å². The van der Waals surface area contributed by atoms with Gasteiger partial charge in [0.2, 0.25) is 0 Å². The molecule has 0 saturated heterocycles. The van der Waals surface area contributed by atoms with E-state index in [0.29, 0.717) is 34.5 Å². The molecule has 196 valence electrons. The number of nitrogens with zero attached hydrogens (tertiary/aromatic N) is 3. The molecule has 2 aromatic heterocycles. The molecule has 5 heteroatoms. The lowest BCUT2D eigenvalue weighted by molar-refractivity contribution is -0.148. The van der Waals surface area contributed by atoms with E-state index in [-0.39, 0.29) is 0 Å². The average molecular weight is 553 g/mol. The third kappa shape index (κ3) is 2.17. The lowest BCUT2D eigenvalue weighted by Gasteiger charge is -2.67. The van der Waals surface area contributed by atoms with Crippen molar-refractivity contribution in [2.24, 2.45) is 34.5 Å². The predicted molar refractivity (Wildman–Crippen MR) is 153 cm³/mol. The second-order valence-electron chi connectivity index (χ2n) is 14.5. The molecular weight excluding hydrogens is 521 g/mol. The van der Waals surface area contributed by atoms with Crippen LogP contribution in [-0.2, 0) is 0 Å². The Morgan fingerprint density at radius 3 is 1.62 bits per heavy atom. The first-order chi connectivity index (χ1) is 19.1. The number of aromatic nitrogens is 2. The van der Waals surface area contributed by atoms with Crippen molar-refractivity contribution in [2.75, 3.05) is 4.90 Å². The van der Waals surface area contributed by atoms with Crippen molar-refractivity contribution in [3.8, 4) is 0 Å². The van der Waals surface area contributed by atoms with E-state index in [1.165, 1.54) is 73.9 Å². The molecule has 8 aliphatic carbocycles. The summed E-state index contributed by atoms with van der Waals surface area (Å²) in [6.45, 7) is 0. The Hall–Kier alpha value is -2.10. The van der Waals surface area contributed by atoms with Gasteiger partial charge in [0.05, 0.1) is 33.8 Å². The molecular formula is C34H31Cl2N3. The third-order valence-electron chi connectivity index (χ3n) is 14.0. The fourth-order valence-electron chi connectivity index (χ4n) is 12.5. The highest BCUT2D eigenvalue weighted by molar-refractivity contribution is 6.36. The highest BCUT2D eigenvalue weighted by atomic mass is 35.5. The number of fused-ring (bicyclic) bond motifs is 8. The van der Waals surface area contributed by atoms with E-state index in [9.17, 15) is 0 Å². The third-order valence-corrected chi connectivity index (χ3v) is 14.7. The minimum Gasteiger partial charge on any atom is -0.305 e. The normalized spacial score (nSPS) is 43.5. The molecule has 6 fully saturated rings. The number of hydrogen-bond donors (Lipinski definition) is 0. The first-order valence-electron chi connectivity index (χ1n) is 15.3. The number of pyridine rings is 2. The number of rotatable bonds is 3. The van der Waals surface area contributed by atoms with Crippen LogP contribution in [-0.4, -0.2) is 9.97 Å². The van der Waals surface area contributed by atoms with Gasteiger partial charge >= 0.3 is 0 Å². The molecule has 8 aliphatic rings. The van der Waals surface area contributed by atoms with Crippen molar-refractivity contribution in [1.82, 2.24) is 9.97 Å². The topological polar surface area (TPSA) is 29.0 Å². The molecule has 2 spiro atoms. The van der Waals surface area contributed by atoms with E-state index in [1.54, 1.807) is 0 Å². The van der Waals surface area contributed by atoms with E-state index >= 15 is 0 Å². The van der Waals surface area contributed by atoms with Gasteiger partial charge in [0, 0.05) is 28.9 Å². The maximum absolute atomic E-state index is 7.50. The molecule has 10 unspecified atom stereocenters. The van der Waals surface area contributed by atoms with Gasteiger partial charge in [-0.3, -0.25) is 9.97 Å². The van der Waals surface area contributed by atoms with Crippen molar-refractivity contribution in [1.29, 1.82) is 0 Å². The van der Waals surface area contributed by atoms with Crippen molar-refractivity contribution >= 4 is 40.3 Å². The summed E-state index contributed by atoms with van der Waals surface area (Å²) in [5.41, 5.74) is 9.43. The van der Waals surface area contributed by atoms with E-state index in [0.717, 1.165) is 50.8 Å². The largest absolute Gasteiger partial charge is 0.305 e. The Morgan fingerprint density at radius 1 is 0.641 bits per heavy atom. The lowest BCUT2D eigenvalue weighted by Crippen LogP contribution is -2.59. The number of para-hydroxylation sites is 1. The van der Waals surface area contributed by atoms with Crippen molar-refractivity contribution in [3.63, 3.8) is 0 Å². The Kier molecular flexibility index (Phi) is 3.70. The standard InChI is InChI=1S/C34H31Cl2N3/c35-29-25(14-37-31-23-10-20-8-18-6-16(27(29)31)12-33(18,20)23)39(22-4-2-1-3-5-22)26-15-38-32-24-11-21-9-19-7-17(13-34(19,21)24)28(32)30(26)36/h1-5,14-21,23-24H,6-13H2. The van der Waals surface area contributed by atoms with Crippen LogP contribution in [0, 0.1) is 34.5 Å². The molecule has 39 heavy (non-hydrogen) atoms. The minimum absolute atomic E-state index is 0.554. The molecule has 3 nitrogen and oxygen atoms in total. The van der Waals surface area contributed by atoms with Gasteiger partial charge in [0.1, 0.15) is 0 Å². The van der Waals surface area contributed by atoms with Gasteiger partial charge in [-0.05, 0) is 121 Å². The van der Waals surface area contributed by atoms with Crippen molar-refractivity contribution < 1.29 is 0 Å². The Labute approximate surface area is 239 Å². The molecule has 0 N–H and O–H groups in total. The molecule has 3 aromatic rings. The van der Waals surface area contributed by atoms with Gasteiger partial charge in [0.25, 0.3) is 0 Å². The lowest BCUT2D eigenvalue weighted by atomic mass is 9.37. The second-order valence-corrected chi connectivity index (χ2v) is 15.3. The fourth-order valence-corrected chi connectivity index (χ4v) is 13.2. The molecule has 10 atom stereocenters. The molecule has 0 amide bonds. The van der Waals surface area contributed by atoms with Crippen LogP contribution >= 0.6 is 23.2 Å². The summed E-state index contributed by atoms with van der Waals surface area (Å²) in [5.74, 6) is 6.03. The van der Waals surface area contributed by atoms with Gasteiger partial charge in [-0.25, -0.2) is 0 Å². The van der Waals surface area contributed by atoms with Crippen molar-refractivity contribution in [3.05, 3.63) is 75.3 Å². The van der Waals surface area contributed by atoms with Crippen molar-refractivity contribution in [2.45, 2.75) is 75.0 Å². The van der Waals surface area contributed by atoms with E-state index in [4.69, 9.17) is 33.2 Å². The summed E-state index contributed by atoms with van der Waals surface area (Å²) >= 11 is 15.0. The van der Waals surface area contributed by atoms with Crippen LogP contribution in [0.1, 0.15) is 97.6 Å². The second kappa shape index (κ2) is 6.68. The summed E-state index contributed by atoms with van der Waals surface area (Å²) in [4.78, 5) is 12.7. The molecule has 11 rings (SSSR count). The van der Waals surface area contributed by atoms with Gasteiger partial charge in [-0.15, -0.1) is 0 Å². The van der Waals surface area contributed by atoms with Gasteiger partial charge in [-0.1, -0.05) is 41.4 Å².